The lowest BCUT2D eigenvalue weighted by Gasteiger charge is -2.07. The van der Waals surface area contributed by atoms with Gasteiger partial charge in [0.25, 0.3) is 0 Å². The van der Waals surface area contributed by atoms with Crippen molar-refractivity contribution in [3.05, 3.63) is 79.1 Å². The zero-order valence-corrected chi connectivity index (χ0v) is 19.9. The van der Waals surface area contributed by atoms with E-state index in [1.165, 1.54) is 0 Å². The molecule has 3 heterocycles. The van der Waals surface area contributed by atoms with Crippen molar-refractivity contribution in [3.63, 3.8) is 0 Å². The number of rotatable bonds is 6. The van der Waals surface area contributed by atoms with Crippen molar-refractivity contribution in [1.29, 1.82) is 0 Å². The number of hydrogen-bond acceptors (Lipinski definition) is 7. The van der Waals surface area contributed by atoms with Crippen molar-refractivity contribution in [3.8, 4) is 51.1 Å². The van der Waals surface area contributed by atoms with Crippen LogP contribution in [0.5, 0.6) is 17.2 Å². The van der Waals surface area contributed by atoms with Gasteiger partial charge in [-0.15, -0.1) is 5.10 Å². The van der Waals surface area contributed by atoms with Gasteiger partial charge < -0.3 is 18.6 Å². The number of hydrogen-bond donors (Lipinski definition) is 0. The van der Waals surface area contributed by atoms with E-state index in [0.717, 1.165) is 44.9 Å². The predicted octanol–water partition coefficient (Wildman–Crippen LogP) is 5.90. The van der Waals surface area contributed by atoms with Crippen molar-refractivity contribution in [2.45, 2.75) is 0 Å². The van der Waals surface area contributed by atoms with Crippen LogP contribution in [0.1, 0.15) is 0 Å². The molecular formula is C28H22N4O4. The molecule has 0 radical (unpaired) electrons. The van der Waals surface area contributed by atoms with Crippen LogP contribution in [-0.2, 0) is 0 Å². The quantitative estimate of drug-likeness (QED) is 0.295. The van der Waals surface area contributed by atoms with Gasteiger partial charge in [-0.2, -0.15) is 0 Å². The van der Waals surface area contributed by atoms with E-state index in [9.17, 15) is 0 Å². The third-order valence-corrected chi connectivity index (χ3v) is 6.09. The zero-order valence-electron chi connectivity index (χ0n) is 19.9. The summed E-state index contributed by atoms with van der Waals surface area (Å²) in [4.78, 5) is 9.46. The maximum absolute atomic E-state index is 6.35. The van der Waals surface area contributed by atoms with Crippen LogP contribution >= 0.6 is 0 Å². The van der Waals surface area contributed by atoms with E-state index in [4.69, 9.17) is 23.6 Å². The first kappa shape index (κ1) is 21.7. The Morgan fingerprint density at radius 3 is 2.06 bits per heavy atom. The Bertz CT molecular complexity index is 1690. The predicted molar refractivity (Wildman–Crippen MR) is 137 cm³/mol. The first-order valence-corrected chi connectivity index (χ1v) is 11.3. The second-order valence-corrected chi connectivity index (χ2v) is 8.12. The van der Waals surface area contributed by atoms with E-state index in [-0.39, 0.29) is 0 Å². The molecule has 36 heavy (non-hydrogen) atoms. The molecule has 3 aromatic heterocycles. The number of fused-ring (bicyclic) bond motifs is 3. The molecule has 0 saturated heterocycles. The molecule has 3 aromatic carbocycles. The smallest absolute Gasteiger partial charge is 0.232 e. The van der Waals surface area contributed by atoms with Gasteiger partial charge in [0.05, 0.1) is 26.7 Å². The van der Waals surface area contributed by atoms with Crippen molar-refractivity contribution in [2.24, 2.45) is 0 Å². The normalized spacial score (nSPS) is 11.2. The standard InChI is InChI=1S/C28H22N4O4/c1-33-20-11-7-17(8-12-20)23-24-27-30-26(18-9-13-21(34-2)14-10-18)31-32(27)16-29-28(24)36-25(23)19-5-4-6-22(15-19)35-3/h4-16H,1-3H3. The van der Waals surface area contributed by atoms with E-state index in [2.05, 4.69) is 10.1 Å². The summed E-state index contributed by atoms with van der Waals surface area (Å²) in [5.41, 5.74) is 4.67. The average Bonchev–Trinajstić information content (AvgIpc) is 3.55. The molecule has 8 heteroatoms. The third-order valence-electron chi connectivity index (χ3n) is 6.09. The van der Waals surface area contributed by atoms with Gasteiger partial charge in [-0.05, 0) is 54.1 Å². The van der Waals surface area contributed by atoms with Crippen LogP contribution in [0.15, 0.2) is 83.5 Å². The van der Waals surface area contributed by atoms with Crippen molar-refractivity contribution in [2.75, 3.05) is 21.3 Å². The van der Waals surface area contributed by atoms with E-state index in [1.54, 1.807) is 32.2 Å². The van der Waals surface area contributed by atoms with E-state index < -0.39 is 0 Å². The molecule has 0 aliphatic carbocycles. The molecule has 0 aliphatic heterocycles. The number of benzene rings is 3. The fourth-order valence-corrected chi connectivity index (χ4v) is 4.26. The largest absolute Gasteiger partial charge is 0.497 e. The summed E-state index contributed by atoms with van der Waals surface area (Å²) >= 11 is 0. The van der Waals surface area contributed by atoms with E-state index in [1.807, 2.05) is 72.8 Å². The number of ether oxygens (including phenoxy) is 3. The molecule has 0 atom stereocenters. The first-order chi connectivity index (χ1) is 17.7. The van der Waals surface area contributed by atoms with Gasteiger partial charge in [0.2, 0.25) is 5.71 Å². The summed E-state index contributed by atoms with van der Waals surface area (Å²) in [5, 5.41) is 5.45. The van der Waals surface area contributed by atoms with Gasteiger partial charge in [0.15, 0.2) is 11.5 Å². The second-order valence-electron chi connectivity index (χ2n) is 8.12. The summed E-state index contributed by atoms with van der Waals surface area (Å²) in [6, 6.07) is 23.2. The Hall–Kier alpha value is -4.85. The highest BCUT2D eigenvalue weighted by molar-refractivity contribution is 6.07. The summed E-state index contributed by atoms with van der Waals surface area (Å²) in [6.45, 7) is 0. The Kier molecular flexibility index (Phi) is 5.26. The first-order valence-electron chi connectivity index (χ1n) is 11.3. The molecule has 0 amide bonds. The van der Waals surface area contributed by atoms with Gasteiger partial charge >= 0.3 is 0 Å². The Morgan fingerprint density at radius 2 is 1.39 bits per heavy atom. The highest BCUT2D eigenvalue weighted by Gasteiger charge is 2.23. The minimum atomic E-state index is 0.472. The van der Waals surface area contributed by atoms with Crippen molar-refractivity contribution in [1.82, 2.24) is 19.6 Å². The SMILES string of the molecule is COc1ccc(-c2nc3c4c(-c5ccc(OC)cc5)c(-c5cccc(OC)c5)oc4ncn3n2)cc1. The molecule has 6 aromatic rings. The van der Waals surface area contributed by atoms with Gasteiger partial charge in [-0.25, -0.2) is 14.5 Å². The zero-order chi connectivity index (χ0) is 24.6. The maximum Gasteiger partial charge on any atom is 0.232 e. The molecule has 0 unspecified atom stereocenters. The van der Waals surface area contributed by atoms with Crippen LogP contribution in [-0.4, -0.2) is 40.9 Å². The van der Waals surface area contributed by atoms with Crippen LogP contribution in [0.3, 0.4) is 0 Å². The molecule has 0 saturated carbocycles. The molecule has 178 valence electrons. The highest BCUT2D eigenvalue weighted by atomic mass is 16.5. The molecular weight excluding hydrogens is 456 g/mol. The lowest BCUT2D eigenvalue weighted by Crippen LogP contribution is -1.91. The molecule has 0 aliphatic rings. The Morgan fingerprint density at radius 1 is 0.722 bits per heavy atom. The van der Waals surface area contributed by atoms with Crippen molar-refractivity contribution < 1.29 is 18.6 Å². The lowest BCUT2D eigenvalue weighted by molar-refractivity contribution is 0.414. The van der Waals surface area contributed by atoms with Crippen molar-refractivity contribution >= 4 is 16.7 Å². The summed E-state index contributed by atoms with van der Waals surface area (Å²) in [7, 11) is 4.93. The highest BCUT2D eigenvalue weighted by Crippen LogP contribution is 2.42. The minimum absolute atomic E-state index is 0.472. The molecule has 6 rings (SSSR count). The molecule has 8 nitrogen and oxygen atoms in total. The monoisotopic (exact) mass is 478 g/mol. The number of furan rings is 1. The molecule has 0 N–H and O–H groups in total. The second kappa shape index (κ2) is 8.74. The van der Waals surface area contributed by atoms with Gasteiger partial charge in [0, 0.05) is 16.7 Å². The van der Waals surface area contributed by atoms with Gasteiger partial charge in [0.1, 0.15) is 29.3 Å². The minimum Gasteiger partial charge on any atom is -0.497 e. The molecule has 0 spiro atoms. The molecule has 0 bridgehead atoms. The van der Waals surface area contributed by atoms with Crippen LogP contribution in [0.25, 0.3) is 50.6 Å². The number of methoxy groups -OCH3 is 3. The number of aromatic nitrogens is 4. The topological polar surface area (TPSA) is 83.9 Å². The van der Waals surface area contributed by atoms with Crippen LogP contribution in [0.4, 0.5) is 0 Å². The summed E-state index contributed by atoms with van der Waals surface area (Å²) in [5.74, 6) is 3.52. The van der Waals surface area contributed by atoms with Crippen LogP contribution < -0.4 is 14.2 Å². The van der Waals surface area contributed by atoms with E-state index >= 15 is 0 Å². The lowest BCUT2D eigenvalue weighted by atomic mass is 9.99. The van der Waals surface area contributed by atoms with Crippen LogP contribution in [0.2, 0.25) is 0 Å². The fraction of sp³-hybridized carbons (Fsp3) is 0.107. The van der Waals surface area contributed by atoms with Crippen LogP contribution in [0, 0.1) is 0 Å². The number of nitrogens with zero attached hydrogens (tertiary/aromatic N) is 4. The van der Waals surface area contributed by atoms with E-state index in [0.29, 0.717) is 22.9 Å². The maximum atomic E-state index is 6.35. The van der Waals surface area contributed by atoms with Gasteiger partial charge in [-0.3, -0.25) is 0 Å². The summed E-state index contributed by atoms with van der Waals surface area (Å²) < 4.78 is 24.1. The Labute approximate surface area is 206 Å². The Balaban J connectivity index is 1.62. The third kappa shape index (κ3) is 3.60. The summed E-state index contributed by atoms with van der Waals surface area (Å²) in [6.07, 6.45) is 1.62. The average molecular weight is 479 g/mol. The fourth-order valence-electron chi connectivity index (χ4n) is 4.26. The molecule has 0 fully saturated rings. The van der Waals surface area contributed by atoms with Gasteiger partial charge in [-0.1, -0.05) is 24.3 Å².